The van der Waals surface area contributed by atoms with E-state index in [1.807, 2.05) is 0 Å². The molecule has 1 saturated carbocycles. The molecular weight excluding hydrogens is 361 g/mol. The fourth-order valence-corrected chi connectivity index (χ4v) is 4.11. The number of carbonyl (C=O) groups is 1. The van der Waals surface area contributed by atoms with Crippen molar-refractivity contribution < 1.29 is 32.2 Å². The first-order valence-corrected chi connectivity index (χ1v) is 9.40. The summed E-state index contributed by atoms with van der Waals surface area (Å²) in [6.07, 6.45) is -1.57. The number of ether oxygens (including phenoxy) is 3. The van der Waals surface area contributed by atoms with Crippen molar-refractivity contribution in [3.05, 3.63) is 35.9 Å². The molecule has 2 unspecified atom stereocenters. The molecule has 1 aliphatic carbocycles. The maximum atomic E-state index is 14.2. The van der Waals surface area contributed by atoms with Gasteiger partial charge in [-0.25, -0.2) is 0 Å². The maximum Gasteiger partial charge on any atom is 0.448 e. The van der Waals surface area contributed by atoms with Gasteiger partial charge in [0.15, 0.2) is 0 Å². The minimum Gasteiger partial charge on any atom is -0.469 e. The van der Waals surface area contributed by atoms with Crippen LogP contribution in [-0.2, 0) is 24.8 Å². The predicted molar refractivity (Wildman–Crippen MR) is 91.7 cm³/mol. The van der Waals surface area contributed by atoms with Gasteiger partial charge in [0.25, 0.3) is 5.79 Å². The van der Waals surface area contributed by atoms with Crippen LogP contribution in [0.3, 0.4) is 0 Å². The first kappa shape index (κ1) is 20.1. The molecule has 0 spiro atoms. The molecule has 2 aliphatic rings. The lowest BCUT2D eigenvalue weighted by Gasteiger charge is -2.47. The Morgan fingerprint density at radius 2 is 1.81 bits per heavy atom. The third-order valence-electron chi connectivity index (χ3n) is 5.47. The van der Waals surface area contributed by atoms with Crippen LogP contribution in [0.2, 0.25) is 0 Å². The van der Waals surface area contributed by atoms with Gasteiger partial charge in [0.05, 0.1) is 25.7 Å². The van der Waals surface area contributed by atoms with Gasteiger partial charge < -0.3 is 14.2 Å². The first-order valence-electron chi connectivity index (χ1n) is 9.40. The van der Waals surface area contributed by atoms with Gasteiger partial charge in [-0.2, -0.15) is 13.2 Å². The van der Waals surface area contributed by atoms with Crippen LogP contribution in [0.4, 0.5) is 13.2 Å². The summed E-state index contributed by atoms with van der Waals surface area (Å²) < 4.78 is 58.6. The number of alkyl halides is 3. The van der Waals surface area contributed by atoms with E-state index in [4.69, 9.17) is 9.47 Å². The van der Waals surface area contributed by atoms with Crippen LogP contribution in [-0.4, -0.2) is 31.5 Å². The van der Waals surface area contributed by atoms with Gasteiger partial charge in [-0.05, 0) is 18.8 Å². The summed E-state index contributed by atoms with van der Waals surface area (Å²) in [6, 6.07) is 7.39. The number of benzene rings is 1. The van der Waals surface area contributed by atoms with E-state index in [1.54, 1.807) is 6.07 Å². The molecule has 1 aromatic rings. The van der Waals surface area contributed by atoms with E-state index >= 15 is 0 Å². The van der Waals surface area contributed by atoms with Crippen molar-refractivity contribution in [1.29, 1.82) is 0 Å². The molecule has 0 radical (unpaired) electrons. The van der Waals surface area contributed by atoms with Gasteiger partial charge in [-0.3, -0.25) is 4.79 Å². The highest BCUT2D eigenvalue weighted by Gasteiger charge is 2.63. The Kier molecular flexibility index (Phi) is 6.11. The molecule has 0 bridgehead atoms. The van der Waals surface area contributed by atoms with Crippen LogP contribution in [0.15, 0.2) is 30.3 Å². The lowest BCUT2D eigenvalue weighted by molar-refractivity contribution is -0.438. The molecule has 1 aromatic carbocycles. The van der Waals surface area contributed by atoms with Crippen molar-refractivity contribution in [1.82, 2.24) is 0 Å². The van der Waals surface area contributed by atoms with Crippen molar-refractivity contribution in [2.24, 2.45) is 5.92 Å². The van der Waals surface area contributed by atoms with E-state index in [-0.39, 0.29) is 24.3 Å². The summed E-state index contributed by atoms with van der Waals surface area (Å²) in [5.74, 6) is -3.42. The van der Waals surface area contributed by atoms with Crippen LogP contribution in [0.5, 0.6) is 0 Å². The molecule has 3 atom stereocenters. The molecule has 7 heteroatoms. The molecular formula is C20H25F3O4. The monoisotopic (exact) mass is 386 g/mol. The summed E-state index contributed by atoms with van der Waals surface area (Å²) in [5, 5.41) is 0. The van der Waals surface area contributed by atoms with E-state index in [9.17, 15) is 18.0 Å². The smallest absolute Gasteiger partial charge is 0.448 e. The second-order valence-corrected chi connectivity index (χ2v) is 7.29. The molecule has 1 aliphatic heterocycles. The van der Waals surface area contributed by atoms with Crippen LogP contribution < -0.4 is 0 Å². The van der Waals surface area contributed by atoms with E-state index in [1.165, 1.54) is 31.4 Å². The van der Waals surface area contributed by atoms with E-state index in [0.717, 1.165) is 32.1 Å². The van der Waals surface area contributed by atoms with E-state index < -0.39 is 30.1 Å². The Morgan fingerprint density at radius 3 is 2.41 bits per heavy atom. The number of hydrogen-bond donors (Lipinski definition) is 0. The lowest BCUT2D eigenvalue weighted by atomic mass is 9.82. The van der Waals surface area contributed by atoms with Crippen LogP contribution in [0.1, 0.15) is 50.5 Å². The molecule has 150 valence electrons. The number of halogens is 3. The zero-order chi connectivity index (χ0) is 19.5. The molecule has 0 aromatic heterocycles. The first-order chi connectivity index (χ1) is 12.9. The lowest BCUT2D eigenvalue weighted by Crippen LogP contribution is -2.57. The third kappa shape index (κ3) is 4.29. The highest BCUT2D eigenvalue weighted by atomic mass is 19.4. The van der Waals surface area contributed by atoms with Crippen molar-refractivity contribution in [3.63, 3.8) is 0 Å². The van der Waals surface area contributed by atoms with Gasteiger partial charge in [-0.1, -0.05) is 49.6 Å². The number of carbonyl (C=O) groups excluding carboxylic acids is 1. The predicted octanol–water partition coefficient (Wildman–Crippen LogP) is 4.72. The Hall–Kier alpha value is -1.60. The molecule has 2 fully saturated rings. The third-order valence-corrected chi connectivity index (χ3v) is 5.47. The van der Waals surface area contributed by atoms with Gasteiger partial charge in [0, 0.05) is 12.0 Å². The fraction of sp³-hybridized carbons (Fsp3) is 0.650. The highest BCUT2D eigenvalue weighted by Crippen LogP contribution is 2.50. The zero-order valence-electron chi connectivity index (χ0n) is 15.3. The molecule has 27 heavy (non-hydrogen) atoms. The second-order valence-electron chi connectivity index (χ2n) is 7.29. The molecule has 1 saturated heterocycles. The van der Waals surface area contributed by atoms with Crippen LogP contribution in [0, 0.1) is 5.92 Å². The molecule has 0 amide bonds. The number of methoxy groups -OCH3 is 1. The van der Waals surface area contributed by atoms with Crippen LogP contribution in [0.25, 0.3) is 0 Å². The van der Waals surface area contributed by atoms with Gasteiger partial charge in [-0.15, -0.1) is 0 Å². The Bertz CT molecular complexity index is 628. The zero-order valence-corrected chi connectivity index (χ0v) is 15.3. The Morgan fingerprint density at radius 1 is 1.15 bits per heavy atom. The standard InChI is InChI=1S/C20H25F3O4/c1-25-18(24)13-16-12-17(14-8-4-2-5-9-14)27-19(26-16,20(21,22)23)15-10-6-3-7-11-15/h3,6-7,10-11,14,16-17H,2,4-5,8-9,12-13H2,1H3/t16?,17?,19-/m0/s1. The summed E-state index contributed by atoms with van der Waals surface area (Å²) in [5.41, 5.74) is -0.104. The fourth-order valence-electron chi connectivity index (χ4n) is 4.11. The van der Waals surface area contributed by atoms with Crippen molar-refractivity contribution in [2.75, 3.05) is 7.11 Å². The van der Waals surface area contributed by atoms with E-state index in [0.29, 0.717) is 0 Å². The number of rotatable bonds is 4. The topological polar surface area (TPSA) is 44.8 Å². The SMILES string of the molecule is COC(=O)CC1CC(C2CCCCC2)O[C@@](c2ccccc2)(C(F)(F)F)O1. The Labute approximate surface area is 157 Å². The normalized spacial score (nSPS) is 30.1. The maximum absolute atomic E-state index is 14.2. The van der Waals surface area contributed by atoms with Gasteiger partial charge in [0.1, 0.15) is 0 Å². The van der Waals surface area contributed by atoms with E-state index in [2.05, 4.69) is 4.74 Å². The average molecular weight is 386 g/mol. The largest absolute Gasteiger partial charge is 0.469 e. The van der Waals surface area contributed by atoms with Gasteiger partial charge >= 0.3 is 12.1 Å². The minimum atomic E-state index is -4.78. The van der Waals surface area contributed by atoms with Crippen molar-refractivity contribution in [2.45, 2.75) is 69.1 Å². The minimum absolute atomic E-state index is 0.0354. The second kappa shape index (κ2) is 8.19. The summed E-state index contributed by atoms with van der Waals surface area (Å²) in [4.78, 5) is 11.7. The summed E-state index contributed by atoms with van der Waals surface area (Å²) >= 11 is 0. The molecule has 4 nitrogen and oxygen atoms in total. The van der Waals surface area contributed by atoms with Crippen LogP contribution >= 0.6 is 0 Å². The van der Waals surface area contributed by atoms with Crippen molar-refractivity contribution >= 4 is 5.97 Å². The summed E-state index contributed by atoms with van der Waals surface area (Å²) in [7, 11) is 1.22. The molecule has 3 rings (SSSR count). The number of esters is 1. The van der Waals surface area contributed by atoms with Crippen molar-refractivity contribution in [3.8, 4) is 0 Å². The quantitative estimate of drug-likeness (QED) is 0.703. The number of hydrogen-bond acceptors (Lipinski definition) is 4. The summed E-state index contributed by atoms with van der Waals surface area (Å²) in [6.45, 7) is 0. The van der Waals surface area contributed by atoms with Gasteiger partial charge in [0.2, 0.25) is 0 Å². The highest BCUT2D eigenvalue weighted by molar-refractivity contribution is 5.69. The molecule has 0 N–H and O–H groups in total. The average Bonchev–Trinajstić information content (AvgIpc) is 2.68. The molecule has 1 heterocycles. The Balaban J connectivity index is 1.97.